The third-order valence-electron chi connectivity index (χ3n) is 2.92. The summed E-state index contributed by atoms with van der Waals surface area (Å²) in [5.41, 5.74) is 1.11. The molecule has 0 spiro atoms. The molecule has 0 saturated carbocycles. The minimum atomic E-state index is -0.314. The molecule has 1 amide bonds. The van der Waals surface area contributed by atoms with Crippen LogP contribution in [0, 0.1) is 0 Å². The van der Waals surface area contributed by atoms with Crippen LogP contribution in [-0.4, -0.2) is 35.2 Å². The van der Waals surface area contributed by atoms with Gasteiger partial charge in [-0.25, -0.2) is 0 Å². The summed E-state index contributed by atoms with van der Waals surface area (Å²) in [4.78, 5) is 23.1. The third-order valence-corrected chi connectivity index (χ3v) is 2.92. The van der Waals surface area contributed by atoms with Gasteiger partial charge >= 0.3 is 0 Å². The van der Waals surface area contributed by atoms with Crippen LogP contribution in [0.2, 0.25) is 0 Å². The van der Waals surface area contributed by atoms with Gasteiger partial charge in [-0.05, 0) is 25.1 Å². The van der Waals surface area contributed by atoms with E-state index in [0.717, 1.165) is 0 Å². The first kappa shape index (κ1) is 15.6. The van der Waals surface area contributed by atoms with Crippen LogP contribution in [-0.2, 0) is 11.8 Å². The SMILES string of the molecule is COc1cc(C(C)=O)ccc1OCC(=O)Nc1cnn(C)c1. The molecule has 22 heavy (non-hydrogen) atoms. The van der Waals surface area contributed by atoms with E-state index in [0.29, 0.717) is 22.7 Å². The van der Waals surface area contributed by atoms with Gasteiger partial charge in [-0.15, -0.1) is 0 Å². The fourth-order valence-electron chi connectivity index (χ4n) is 1.83. The fourth-order valence-corrected chi connectivity index (χ4v) is 1.83. The molecule has 0 unspecified atom stereocenters. The number of aryl methyl sites for hydroxylation is 1. The molecular formula is C15H17N3O4. The topological polar surface area (TPSA) is 82.4 Å². The average molecular weight is 303 g/mol. The lowest BCUT2D eigenvalue weighted by Crippen LogP contribution is -2.20. The minimum absolute atomic E-state index is 0.0702. The van der Waals surface area contributed by atoms with Gasteiger partial charge in [0.1, 0.15) is 0 Å². The van der Waals surface area contributed by atoms with Crippen LogP contribution in [0.1, 0.15) is 17.3 Å². The number of ketones is 1. The lowest BCUT2D eigenvalue weighted by molar-refractivity contribution is -0.118. The number of benzene rings is 1. The van der Waals surface area contributed by atoms with Crippen LogP contribution in [0.3, 0.4) is 0 Å². The number of hydrogen-bond donors (Lipinski definition) is 1. The predicted molar refractivity (Wildman–Crippen MR) is 80.3 cm³/mol. The fraction of sp³-hybridized carbons (Fsp3) is 0.267. The second-order valence-corrected chi connectivity index (χ2v) is 4.66. The van der Waals surface area contributed by atoms with E-state index in [1.807, 2.05) is 0 Å². The molecule has 0 radical (unpaired) electrons. The van der Waals surface area contributed by atoms with Crippen molar-refractivity contribution in [3.63, 3.8) is 0 Å². The minimum Gasteiger partial charge on any atom is -0.493 e. The maximum atomic E-state index is 11.8. The van der Waals surface area contributed by atoms with Gasteiger partial charge in [-0.2, -0.15) is 5.10 Å². The van der Waals surface area contributed by atoms with Crippen molar-refractivity contribution in [1.82, 2.24) is 9.78 Å². The number of ether oxygens (including phenoxy) is 2. The Morgan fingerprint density at radius 3 is 2.68 bits per heavy atom. The monoisotopic (exact) mass is 303 g/mol. The van der Waals surface area contributed by atoms with Gasteiger partial charge in [0.25, 0.3) is 5.91 Å². The highest BCUT2D eigenvalue weighted by Crippen LogP contribution is 2.28. The highest BCUT2D eigenvalue weighted by molar-refractivity contribution is 5.95. The maximum Gasteiger partial charge on any atom is 0.262 e. The van der Waals surface area contributed by atoms with E-state index in [-0.39, 0.29) is 18.3 Å². The van der Waals surface area contributed by atoms with Gasteiger partial charge in [0.2, 0.25) is 0 Å². The molecule has 1 N–H and O–H groups in total. The van der Waals surface area contributed by atoms with Gasteiger partial charge in [-0.3, -0.25) is 14.3 Å². The number of nitrogens with zero attached hydrogens (tertiary/aromatic N) is 2. The Morgan fingerprint density at radius 2 is 2.09 bits per heavy atom. The lowest BCUT2D eigenvalue weighted by Gasteiger charge is -2.11. The van der Waals surface area contributed by atoms with E-state index in [2.05, 4.69) is 10.4 Å². The maximum absolute atomic E-state index is 11.8. The number of Topliss-reactive ketones (excluding diaryl/α,β-unsaturated/α-hetero) is 1. The molecule has 0 aliphatic heterocycles. The number of methoxy groups -OCH3 is 1. The van der Waals surface area contributed by atoms with E-state index in [1.165, 1.54) is 14.0 Å². The highest BCUT2D eigenvalue weighted by Gasteiger charge is 2.11. The Hall–Kier alpha value is -2.83. The second-order valence-electron chi connectivity index (χ2n) is 4.66. The Balaban J connectivity index is 1.98. The number of nitrogens with one attached hydrogen (secondary N) is 1. The Kier molecular flexibility index (Phi) is 4.77. The summed E-state index contributed by atoms with van der Waals surface area (Å²) >= 11 is 0. The molecule has 2 rings (SSSR count). The van der Waals surface area contributed by atoms with E-state index in [4.69, 9.17) is 9.47 Å². The lowest BCUT2D eigenvalue weighted by atomic mass is 10.1. The van der Waals surface area contributed by atoms with E-state index < -0.39 is 0 Å². The van der Waals surface area contributed by atoms with E-state index in [9.17, 15) is 9.59 Å². The average Bonchev–Trinajstić information content (AvgIpc) is 2.89. The summed E-state index contributed by atoms with van der Waals surface area (Å²) in [6, 6.07) is 4.81. The number of amides is 1. The normalized spacial score (nSPS) is 10.1. The van der Waals surface area contributed by atoms with Crippen molar-refractivity contribution in [3.05, 3.63) is 36.2 Å². The number of carbonyl (C=O) groups is 2. The molecule has 0 saturated heterocycles. The predicted octanol–water partition coefficient (Wildman–Crippen LogP) is 1.65. The Labute approximate surface area is 127 Å². The molecule has 116 valence electrons. The quantitative estimate of drug-likeness (QED) is 0.820. The molecule has 0 aliphatic rings. The summed E-state index contributed by atoms with van der Waals surface area (Å²) in [5.74, 6) is 0.417. The van der Waals surface area contributed by atoms with Gasteiger partial charge in [-0.1, -0.05) is 0 Å². The molecule has 0 bridgehead atoms. The van der Waals surface area contributed by atoms with Crippen LogP contribution in [0.15, 0.2) is 30.6 Å². The summed E-state index contributed by atoms with van der Waals surface area (Å²) in [7, 11) is 3.23. The molecule has 0 fully saturated rings. The van der Waals surface area contributed by atoms with Gasteiger partial charge in [0, 0.05) is 18.8 Å². The molecular weight excluding hydrogens is 286 g/mol. The van der Waals surface area contributed by atoms with Gasteiger partial charge < -0.3 is 14.8 Å². The zero-order valence-corrected chi connectivity index (χ0v) is 12.6. The zero-order chi connectivity index (χ0) is 16.1. The number of carbonyl (C=O) groups excluding carboxylic acids is 2. The van der Waals surface area contributed by atoms with Crippen molar-refractivity contribution in [2.75, 3.05) is 19.0 Å². The van der Waals surface area contributed by atoms with Crippen molar-refractivity contribution < 1.29 is 19.1 Å². The molecule has 0 atom stereocenters. The molecule has 7 nitrogen and oxygen atoms in total. The largest absolute Gasteiger partial charge is 0.493 e. The first-order chi connectivity index (χ1) is 10.5. The molecule has 2 aromatic rings. The summed E-state index contributed by atoms with van der Waals surface area (Å²) < 4.78 is 12.2. The van der Waals surface area contributed by atoms with Crippen LogP contribution in [0.5, 0.6) is 11.5 Å². The summed E-state index contributed by atoms with van der Waals surface area (Å²) in [5, 5.41) is 6.61. The van der Waals surface area contributed by atoms with Crippen molar-refractivity contribution >= 4 is 17.4 Å². The van der Waals surface area contributed by atoms with Crippen LogP contribution >= 0.6 is 0 Å². The van der Waals surface area contributed by atoms with Crippen LogP contribution in [0.25, 0.3) is 0 Å². The highest BCUT2D eigenvalue weighted by atomic mass is 16.5. The van der Waals surface area contributed by atoms with Gasteiger partial charge in [0.05, 0.1) is 19.0 Å². The zero-order valence-electron chi connectivity index (χ0n) is 12.6. The molecule has 1 heterocycles. The summed E-state index contributed by atoms with van der Waals surface area (Å²) in [6.45, 7) is 1.29. The Morgan fingerprint density at radius 1 is 1.32 bits per heavy atom. The van der Waals surface area contributed by atoms with E-state index >= 15 is 0 Å². The van der Waals surface area contributed by atoms with E-state index in [1.54, 1.807) is 42.3 Å². The first-order valence-corrected chi connectivity index (χ1v) is 6.60. The van der Waals surface area contributed by atoms with Crippen molar-refractivity contribution in [3.8, 4) is 11.5 Å². The van der Waals surface area contributed by atoms with Crippen molar-refractivity contribution in [1.29, 1.82) is 0 Å². The number of aromatic nitrogens is 2. The molecule has 1 aromatic carbocycles. The Bertz CT molecular complexity index is 694. The molecule has 0 aliphatic carbocycles. The standard InChI is InChI=1S/C15H17N3O4/c1-10(19)11-4-5-13(14(6-11)21-3)22-9-15(20)17-12-7-16-18(2)8-12/h4-8H,9H2,1-3H3,(H,17,20). The smallest absolute Gasteiger partial charge is 0.262 e. The van der Waals surface area contributed by atoms with Crippen LogP contribution < -0.4 is 14.8 Å². The van der Waals surface area contributed by atoms with Crippen LogP contribution in [0.4, 0.5) is 5.69 Å². The molecule has 1 aromatic heterocycles. The van der Waals surface area contributed by atoms with Crippen molar-refractivity contribution in [2.24, 2.45) is 7.05 Å². The molecule has 7 heteroatoms. The first-order valence-electron chi connectivity index (χ1n) is 6.60. The summed E-state index contributed by atoms with van der Waals surface area (Å²) in [6.07, 6.45) is 3.22. The number of hydrogen-bond acceptors (Lipinski definition) is 5. The van der Waals surface area contributed by atoms with Crippen molar-refractivity contribution in [2.45, 2.75) is 6.92 Å². The third kappa shape index (κ3) is 3.85. The second kappa shape index (κ2) is 6.75. The number of rotatable bonds is 6. The van der Waals surface area contributed by atoms with Gasteiger partial charge in [0.15, 0.2) is 23.9 Å². The number of anilines is 1.